The van der Waals surface area contributed by atoms with Gasteiger partial charge in [0.05, 0.1) is 6.54 Å². The summed E-state index contributed by atoms with van der Waals surface area (Å²) in [5, 5.41) is 4.21. The Kier molecular flexibility index (Phi) is 7.32. The van der Waals surface area contributed by atoms with Crippen molar-refractivity contribution < 1.29 is 13.6 Å². The number of fused-ring (bicyclic) bond motifs is 1. The van der Waals surface area contributed by atoms with E-state index >= 15 is 0 Å². The summed E-state index contributed by atoms with van der Waals surface area (Å²) >= 11 is 1.71. The number of rotatable bonds is 7. The number of carbonyl (C=O) groups excluding carboxylic acids is 1. The van der Waals surface area contributed by atoms with Gasteiger partial charge in [-0.1, -0.05) is 30.3 Å². The van der Waals surface area contributed by atoms with Crippen LogP contribution in [0.4, 0.5) is 8.78 Å². The van der Waals surface area contributed by atoms with Crippen LogP contribution in [-0.2, 0) is 23.8 Å². The van der Waals surface area contributed by atoms with Crippen LogP contribution in [0.2, 0.25) is 0 Å². The van der Waals surface area contributed by atoms with Crippen LogP contribution in [0.1, 0.15) is 59.2 Å². The van der Waals surface area contributed by atoms with E-state index in [1.165, 1.54) is 23.3 Å². The Balaban J connectivity index is 1.50. The third-order valence-corrected chi connectivity index (χ3v) is 8.39. The first kappa shape index (κ1) is 25.8. The average molecular weight is 525 g/mol. The molecule has 196 valence electrons. The van der Waals surface area contributed by atoms with Crippen LogP contribution in [0, 0.1) is 6.92 Å². The molecule has 1 amide bonds. The molecule has 1 saturated heterocycles. The number of amides is 1. The quantitative estimate of drug-likeness (QED) is 0.347. The SMILES string of the molecule is CCn1cc(-c2ccccc2[C@@H]2CN(C(=O)/C=C/CN3CCCC3)Cc3sc(C)cc32)c(C(C)(F)F)n1. The van der Waals surface area contributed by atoms with Crippen molar-refractivity contribution in [2.75, 3.05) is 26.2 Å². The molecule has 0 saturated carbocycles. The number of likely N-dealkylation sites (tertiary alicyclic amines) is 1. The molecule has 37 heavy (non-hydrogen) atoms. The van der Waals surface area contributed by atoms with Gasteiger partial charge in [0.15, 0.2) is 0 Å². The zero-order valence-corrected chi connectivity index (χ0v) is 22.5. The van der Waals surface area contributed by atoms with Crippen molar-refractivity contribution in [3.8, 4) is 11.1 Å². The predicted molar refractivity (Wildman–Crippen MR) is 144 cm³/mol. The molecule has 1 atom stereocenters. The molecule has 3 aromatic rings. The molecule has 0 bridgehead atoms. The van der Waals surface area contributed by atoms with Crippen LogP contribution in [-0.4, -0.2) is 51.7 Å². The molecule has 2 aromatic heterocycles. The van der Waals surface area contributed by atoms with Crippen LogP contribution in [0.15, 0.2) is 48.7 Å². The van der Waals surface area contributed by atoms with E-state index in [1.54, 1.807) is 28.3 Å². The third-order valence-electron chi connectivity index (χ3n) is 7.34. The molecular formula is C29H34F2N4OS. The van der Waals surface area contributed by atoms with Gasteiger partial charge in [-0.15, -0.1) is 11.3 Å². The molecule has 2 aliphatic heterocycles. The van der Waals surface area contributed by atoms with E-state index < -0.39 is 5.92 Å². The molecule has 1 fully saturated rings. The molecular weight excluding hydrogens is 490 g/mol. The van der Waals surface area contributed by atoms with Crippen molar-refractivity contribution >= 4 is 17.2 Å². The Labute approximate surface area is 221 Å². The summed E-state index contributed by atoms with van der Waals surface area (Å²) in [5.41, 5.74) is 3.12. The lowest BCUT2D eigenvalue weighted by Gasteiger charge is -2.33. The van der Waals surface area contributed by atoms with Crippen molar-refractivity contribution in [1.29, 1.82) is 0 Å². The first-order valence-electron chi connectivity index (χ1n) is 13.1. The lowest BCUT2D eigenvalue weighted by Crippen LogP contribution is -2.37. The van der Waals surface area contributed by atoms with Crippen LogP contribution in [0.3, 0.4) is 0 Å². The van der Waals surface area contributed by atoms with E-state index in [9.17, 15) is 13.6 Å². The van der Waals surface area contributed by atoms with E-state index in [4.69, 9.17) is 0 Å². The van der Waals surface area contributed by atoms with Crippen LogP contribution in [0.25, 0.3) is 11.1 Å². The summed E-state index contributed by atoms with van der Waals surface area (Å²) in [7, 11) is 0. The topological polar surface area (TPSA) is 41.4 Å². The number of alkyl halides is 2. The van der Waals surface area contributed by atoms with E-state index in [1.807, 2.05) is 42.2 Å². The van der Waals surface area contributed by atoms with Gasteiger partial charge in [-0.25, -0.2) is 0 Å². The number of hydrogen-bond acceptors (Lipinski definition) is 4. The Morgan fingerprint density at radius 2 is 1.95 bits per heavy atom. The second-order valence-corrected chi connectivity index (χ2v) is 11.5. The summed E-state index contributed by atoms with van der Waals surface area (Å²) in [6.07, 6.45) is 7.84. The smallest absolute Gasteiger partial charge is 0.289 e. The normalized spacial score (nSPS) is 18.6. The van der Waals surface area contributed by atoms with Gasteiger partial charge in [0.1, 0.15) is 5.69 Å². The summed E-state index contributed by atoms with van der Waals surface area (Å²) in [6, 6.07) is 9.93. The summed E-state index contributed by atoms with van der Waals surface area (Å²) in [6.45, 7) is 9.44. The zero-order valence-electron chi connectivity index (χ0n) is 21.7. The number of aromatic nitrogens is 2. The van der Waals surface area contributed by atoms with Crippen molar-refractivity contribution in [1.82, 2.24) is 19.6 Å². The lowest BCUT2D eigenvalue weighted by atomic mass is 9.83. The monoisotopic (exact) mass is 524 g/mol. The number of halogens is 2. The van der Waals surface area contributed by atoms with Gasteiger partial charge in [0.2, 0.25) is 5.91 Å². The van der Waals surface area contributed by atoms with Gasteiger partial charge in [0.25, 0.3) is 5.92 Å². The standard InChI is InChI=1S/C29H34F2N4OS/c1-4-35-18-25(28(32-35)29(3,30)31)22-11-6-5-10-21(22)24-17-34(19-26-23(24)16-20(2)37-26)27(36)12-9-15-33-13-7-8-14-33/h5-6,9-12,16,18,24H,4,7-8,13-15,17,19H2,1-3H3/b12-9+/t24-/m0/s1. The summed E-state index contributed by atoms with van der Waals surface area (Å²) in [4.78, 5) is 19.9. The minimum atomic E-state index is -3.07. The second kappa shape index (κ2) is 10.5. The molecule has 4 heterocycles. The highest BCUT2D eigenvalue weighted by atomic mass is 32.1. The first-order chi connectivity index (χ1) is 17.7. The molecule has 1 aromatic carbocycles. The highest BCUT2D eigenvalue weighted by Gasteiger charge is 2.35. The molecule has 0 radical (unpaired) electrons. The Hall–Kier alpha value is -2.84. The van der Waals surface area contributed by atoms with Gasteiger partial charge in [-0.3, -0.25) is 14.4 Å². The van der Waals surface area contributed by atoms with Gasteiger partial charge >= 0.3 is 0 Å². The Morgan fingerprint density at radius 3 is 2.68 bits per heavy atom. The van der Waals surface area contributed by atoms with Crippen molar-refractivity contribution in [2.24, 2.45) is 0 Å². The number of carbonyl (C=O) groups is 1. The molecule has 2 aliphatic rings. The van der Waals surface area contributed by atoms with Gasteiger partial charge in [0, 0.05) is 60.1 Å². The Morgan fingerprint density at radius 1 is 1.19 bits per heavy atom. The first-order valence-corrected chi connectivity index (χ1v) is 13.9. The number of nitrogens with zero attached hydrogens (tertiary/aromatic N) is 4. The van der Waals surface area contributed by atoms with Crippen LogP contribution < -0.4 is 0 Å². The number of hydrogen-bond donors (Lipinski definition) is 0. The summed E-state index contributed by atoms with van der Waals surface area (Å²) in [5.74, 6) is -3.18. The molecule has 0 aliphatic carbocycles. The van der Waals surface area contributed by atoms with Crippen molar-refractivity contribution in [3.63, 3.8) is 0 Å². The van der Waals surface area contributed by atoms with Crippen molar-refractivity contribution in [2.45, 2.75) is 58.5 Å². The molecule has 5 nitrogen and oxygen atoms in total. The second-order valence-electron chi connectivity index (χ2n) is 10.1. The van der Waals surface area contributed by atoms with Gasteiger partial charge in [-0.05, 0) is 62.5 Å². The highest BCUT2D eigenvalue weighted by molar-refractivity contribution is 7.12. The zero-order chi connectivity index (χ0) is 26.2. The number of thiophene rings is 1. The molecule has 5 rings (SSSR count). The van der Waals surface area contributed by atoms with Crippen LogP contribution >= 0.6 is 11.3 Å². The highest BCUT2D eigenvalue weighted by Crippen LogP contribution is 2.43. The molecule has 0 unspecified atom stereocenters. The minimum absolute atomic E-state index is 0.00188. The maximum absolute atomic E-state index is 14.6. The predicted octanol–water partition coefficient (Wildman–Crippen LogP) is 6.18. The number of benzene rings is 1. The fourth-order valence-corrected chi connectivity index (χ4v) is 6.63. The molecule has 0 spiro atoms. The van der Waals surface area contributed by atoms with E-state index in [2.05, 4.69) is 23.0 Å². The fraction of sp³-hybridized carbons (Fsp3) is 0.448. The minimum Gasteiger partial charge on any atom is -0.333 e. The maximum atomic E-state index is 14.6. The Bertz CT molecular complexity index is 1300. The lowest BCUT2D eigenvalue weighted by molar-refractivity contribution is -0.127. The van der Waals surface area contributed by atoms with E-state index in [-0.39, 0.29) is 17.5 Å². The fourth-order valence-electron chi connectivity index (χ4n) is 5.52. The van der Waals surface area contributed by atoms with Crippen LogP contribution in [0.5, 0.6) is 0 Å². The third kappa shape index (κ3) is 5.41. The van der Waals surface area contributed by atoms with Gasteiger partial charge in [-0.2, -0.15) is 13.9 Å². The largest absolute Gasteiger partial charge is 0.333 e. The maximum Gasteiger partial charge on any atom is 0.289 e. The van der Waals surface area contributed by atoms with Gasteiger partial charge < -0.3 is 4.90 Å². The van der Waals surface area contributed by atoms with E-state index in [0.29, 0.717) is 25.2 Å². The summed E-state index contributed by atoms with van der Waals surface area (Å²) < 4.78 is 30.8. The van der Waals surface area contributed by atoms with E-state index in [0.717, 1.165) is 42.6 Å². The average Bonchev–Trinajstić information content (AvgIpc) is 3.62. The molecule has 0 N–H and O–H groups in total. The molecule has 8 heteroatoms. The number of aryl methyl sites for hydroxylation is 2. The van der Waals surface area contributed by atoms with Crippen molar-refractivity contribution in [3.05, 3.63) is 75.3 Å².